The predicted octanol–water partition coefficient (Wildman–Crippen LogP) is 3.21. The SMILES string of the molecule is CCC(=O)N1CCC[C@H](C(=O)N2CCCC3(CCCCC3)C2)C1. The molecule has 2 aliphatic heterocycles. The molecule has 3 rings (SSSR count). The van der Waals surface area contributed by atoms with E-state index in [-0.39, 0.29) is 11.8 Å². The van der Waals surface area contributed by atoms with E-state index in [4.69, 9.17) is 0 Å². The second kappa shape index (κ2) is 7.23. The molecule has 0 aromatic heterocycles. The molecule has 3 aliphatic rings. The average Bonchev–Trinajstić information content (AvgIpc) is 2.61. The van der Waals surface area contributed by atoms with Crippen LogP contribution in [0.15, 0.2) is 0 Å². The summed E-state index contributed by atoms with van der Waals surface area (Å²) in [6, 6.07) is 0. The molecule has 4 heteroatoms. The van der Waals surface area contributed by atoms with Gasteiger partial charge in [-0.3, -0.25) is 9.59 Å². The van der Waals surface area contributed by atoms with Crippen LogP contribution in [0.2, 0.25) is 0 Å². The van der Waals surface area contributed by atoms with Gasteiger partial charge in [0.15, 0.2) is 0 Å². The summed E-state index contributed by atoms with van der Waals surface area (Å²) in [5.74, 6) is 0.561. The molecule has 0 aromatic rings. The standard InChI is InChI=1S/C19H32N2O2/c1-2-17(22)20-12-6-8-16(14-20)18(23)21-13-7-11-19(15-21)9-4-3-5-10-19/h16H,2-15H2,1H3/t16-/m0/s1. The molecule has 4 nitrogen and oxygen atoms in total. The van der Waals surface area contributed by atoms with Gasteiger partial charge < -0.3 is 9.80 Å². The molecule has 2 heterocycles. The number of hydrogen-bond acceptors (Lipinski definition) is 2. The Balaban J connectivity index is 1.61. The van der Waals surface area contributed by atoms with Crippen LogP contribution in [0.3, 0.4) is 0 Å². The van der Waals surface area contributed by atoms with E-state index in [0.29, 0.717) is 24.3 Å². The highest BCUT2D eigenvalue weighted by atomic mass is 16.2. The minimum Gasteiger partial charge on any atom is -0.342 e. The third-order valence-corrected chi connectivity index (χ3v) is 6.31. The Morgan fingerprint density at radius 3 is 2.39 bits per heavy atom. The minimum absolute atomic E-state index is 0.0398. The van der Waals surface area contributed by atoms with Crippen molar-refractivity contribution >= 4 is 11.8 Å². The lowest BCUT2D eigenvalue weighted by Gasteiger charge is -2.46. The van der Waals surface area contributed by atoms with E-state index in [1.54, 1.807) is 0 Å². The van der Waals surface area contributed by atoms with E-state index >= 15 is 0 Å². The van der Waals surface area contributed by atoms with Crippen LogP contribution in [-0.2, 0) is 9.59 Å². The maximum Gasteiger partial charge on any atom is 0.227 e. The number of likely N-dealkylation sites (tertiary alicyclic amines) is 2. The summed E-state index contributed by atoms with van der Waals surface area (Å²) in [5.41, 5.74) is 0.416. The Morgan fingerprint density at radius 1 is 0.957 bits per heavy atom. The fourth-order valence-electron chi connectivity index (χ4n) is 4.99. The molecule has 1 aliphatic carbocycles. The number of carbonyl (C=O) groups is 2. The first kappa shape index (κ1) is 16.8. The molecule has 0 bridgehead atoms. The molecule has 23 heavy (non-hydrogen) atoms. The van der Waals surface area contributed by atoms with Crippen molar-refractivity contribution in [2.45, 2.75) is 71.1 Å². The maximum atomic E-state index is 13.0. The van der Waals surface area contributed by atoms with Gasteiger partial charge in [-0.25, -0.2) is 0 Å². The number of rotatable bonds is 2. The van der Waals surface area contributed by atoms with Crippen LogP contribution in [0.4, 0.5) is 0 Å². The smallest absolute Gasteiger partial charge is 0.227 e. The zero-order valence-electron chi connectivity index (χ0n) is 14.7. The summed E-state index contributed by atoms with van der Waals surface area (Å²) in [5, 5.41) is 0. The Bertz CT molecular complexity index is 437. The molecule has 1 spiro atoms. The molecule has 3 fully saturated rings. The van der Waals surface area contributed by atoms with Gasteiger partial charge in [-0.1, -0.05) is 26.2 Å². The van der Waals surface area contributed by atoms with Crippen molar-refractivity contribution in [1.29, 1.82) is 0 Å². The average molecular weight is 320 g/mol. The second-order valence-corrected chi connectivity index (χ2v) is 7.96. The van der Waals surface area contributed by atoms with Gasteiger partial charge in [0.2, 0.25) is 11.8 Å². The highest BCUT2D eigenvalue weighted by Gasteiger charge is 2.40. The van der Waals surface area contributed by atoms with Crippen LogP contribution in [0.1, 0.15) is 71.1 Å². The van der Waals surface area contributed by atoms with E-state index in [1.165, 1.54) is 38.5 Å². The lowest BCUT2D eigenvalue weighted by atomic mass is 9.69. The van der Waals surface area contributed by atoms with Crippen molar-refractivity contribution < 1.29 is 9.59 Å². The van der Waals surface area contributed by atoms with Gasteiger partial charge in [-0.15, -0.1) is 0 Å². The van der Waals surface area contributed by atoms with E-state index in [9.17, 15) is 9.59 Å². The summed E-state index contributed by atoms with van der Waals surface area (Å²) in [6.45, 7) is 5.30. The molecule has 0 unspecified atom stereocenters. The fraction of sp³-hybridized carbons (Fsp3) is 0.895. The van der Waals surface area contributed by atoms with Crippen molar-refractivity contribution in [3.05, 3.63) is 0 Å². The Kier molecular flexibility index (Phi) is 5.27. The number of amides is 2. The largest absolute Gasteiger partial charge is 0.342 e. The van der Waals surface area contributed by atoms with Gasteiger partial charge in [0.05, 0.1) is 5.92 Å². The monoisotopic (exact) mass is 320 g/mol. The van der Waals surface area contributed by atoms with Crippen LogP contribution in [0.25, 0.3) is 0 Å². The minimum atomic E-state index is 0.0398. The normalized spacial score (nSPS) is 28.0. The van der Waals surface area contributed by atoms with Crippen molar-refractivity contribution in [2.75, 3.05) is 26.2 Å². The molecule has 1 atom stereocenters. The third kappa shape index (κ3) is 3.72. The first-order valence-corrected chi connectivity index (χ1v) is 9.70. The summed E-state index contributed by atoms with van der Waals surface area (Å²) >= 11 is 0. The van der Waals surface area contributed by atoms with Gasteiger partial charge in [0, 0.05) is 32.6 Å². The van der Waals surface area contributed by atoms with Gasteiger partial charge in [0.25, 0.3) is 0 Å². The first-order chi connectivity index (χ1) is 11.1. The molecule has 2 amide bonds. The van der Waals surface area contributed by atoms with Crippen molar-refractivity contribution in [1.82, 2.24) is 9.80 Å². The van der Waals surface area contributed by atoms with E-state index in [2.05, 4.69) is 4.90 Å². The summed E-state index contributed by atoms with van der Waals surface area (Å²) in [6.07, 6.45) is 11.6. The molecule has 130 valence electrons. The van der Waals surface area contributed by atoms with E-state index in [1.807, 2.05) is 11.8 Å². The van der Waals surface area contributed by atoms with Gasteiger partial charge >= 0.3 is 0 Å². The van der Waals surface area contributed by atoms with Crippen LogP contribution >= 0.6 is 0 Å². The van der Waals surface area contributed by atoms with Gasteiger partial charge in [-0.2, -0.15) is 0 Å². The van der Waals surface area contributed by atoms with Crippen LogP contribution < -0.4 is 0 Å². The number of carbonyl (C=O) groups excluding carboxylic acids is 2. The maximum absolute atomic E-state index is 13.0. The third-order valence-electron chi connectivity index (χ3n) is 6.31. The summed E-state index contributed by atoms with van der Waals surface area (Å²) in [4.78, 5) is 29.0. The van der Waals surface area contributed by atoms with Gasteiger partial charge in [-0.05, 0) is 43.9 Å². The zero-order chi connectivity index (χ0) is 16.3. The van der Waals surface area contributed by atoms with E-state index < -0.39 is 0 Å². The molecule has 0 N–H and O–H groups in total. The number of nitrogens with zero attached hydrogens (tertiary/aromatic N) is 2. The quantitative estimate of drug-likeness (QED) is 0.784. The van der Waals surface area contributed by atoms with Crippen LogP contribution in [-0.4, -0.2) is 47.8 Å². The topological polar surface area (TPSA) is 40.6 Å². The molecule has 0 aromatic carbocycles. The highest BCUT2D eigenvalue weighted by molar-refractivity contribution is 5.81. The zero-order valence-corrected chi connectivity index (χ0v) is 14.7. The van der Waals surface area contributed by atoms with Crippen molar-refractivity contribution in [3.8, 4) is 0 Å². The van der Waals surface area contributed by atoms with Crippen LogP contribution in [0.5, 0.6) is 0 Å². The lowest BCUT2D eigenvalue weighted by molar-refractivity contribution is -0.144. The molecule has 2 saturated heterocycles. The Hall–Kier alpha value is -1.06. The van der Waals surface area contributed by atoms with Crippen molar-refractivity contribution in [3.63, 3.8) is 0 Å². The predicted molar refractivity (Wildman–Crippen MR) is 90.9 cm³/mol. The number of hydrogen-bond donors (Lipinski definition) is 0. The molecule has 0 radical (unpaired) electrons. The second-order valence-electron chi connectivity index (χ2n) is 7.96. The summed E-state index contributed by atoms with van der Waals surface area (Å²) < 4.78 is 0. The highest BCUT2D eigenvalue weighted by Crippen LogP contribution is 2.43. The number of piperidine rings is 2. The molecular formula is C19H32N2O2. The van der Waals surface area contributed by atoms with Crippen molar-refractivity contribution in [2.24, 2.45) is 11.3 Å². The van der Waals surface area contributed by atoms with Crippen LogP contribution in [0, 0.1) is 11.3 Å². The Morgan fingerprint density at radius 2 is 1.65 bits per heavy atom. The molecule has 1 saturated carbocycles. The lowest BCUT2D eigenvalue weighted by Crippen LogP contribution is -2.52. The first-order valence-electron chi connectivity index (χ1n) is 9.70. The Labute approximate surface area is 140 Å². The fourth-order valence-corrected chi connectivity index (χ4v) is 4.99. The van der Waals surface area contributed by atoms with Gasteiger partial charge in [0.1, 0.15) is 0 Å². The van der Waals surface area contributed by atoms with E-state index in [0.717, 1.165) is 38.9 Å². The molecular weight excluding hydrogens is 288 g/mol. The summed E-state index contributed by atoms with van der Waals surface area (Å²) in [7, 11) is 0.